The first-order valence-electron chi connectivity index (χ1n) is 19.4. The van der Waals surface area contributed by atoms with Crippen LogP contribution in [0, 0.1) is 12.3 Å². The van der Waals surface area contributed by atoms with Crippen LogP contribution in [-0.4, -0.2) is 194 Å². The van der Waals surface area contributed by atoms with Gasteiger partial charge in [-0.2, -0.15) is 0 Å². The second-order valence-corrected chi connectivity index (χ2v) is 14.5. The van der Waals surface area contributed by atoms with Gasteiger partial charge in [-0.1, -0.05) is 33.9 Å². The summed E-state index contributed by atoms with van der Waals surface area (Å²) in [6, 6.07) is 0. The molecule has 1 saturated heterocycles. The SMILES string of the molecule is C#CCNC(=O)COCCOCCOCCOCCOCCOCCOCCOCCOCCOCCOCCOCCNC(=O)CCCC[C@@H]1CCSS1. The maximum atomic E-state index is 11.9. The molecule has 1 atom stereocenters. The summed E-state index contributed by atoms with van der Waals surface area (Å²) in [5.41, 5.74) is 0. The van der Waals surface area contributed by atoms with Gasteiger partial charge >= 0.3 is 0 Å². The minimum atomic E-state index is -0.250. The summed E-state index contributed by atoms with van der Waals surface area (Å²) in [5.74, 6) is 3.44. The normalized spacial score (nSPS) is 14.0. The number of unbranched alkanes of at least 4 members (excludes halogenated alkanes) is 1. The number of hydrogen-bond donors (Lipinski definition) is 2. The minimum absolute atomic E-state index is 0.0404. The van der Waals surface area contributed by atoms with Crippen LogP contribution >= 0.6 is 21.6 Å². The molecule has 0 spiro atoms. The Bertz CT molecular complexity index is 887. The molecule has 0 aliphatic carbocycles. The summed E-state index contributed by atoms with van der Waals surface area (Å²) in [4.78, 5) is 23.2. The van der Waals surface area contributed by atoms with E-state index in [0.29, 0.717) is 165 Å². The molecule has 1 fully saturated rings. The molecule has 18 heteroatoms. The number of hydrogen-bond acceptors (Lipinski definition) is 16. The largest absolute Gasteiger partial charge is 0.377 e. The van der Waals surface area contributed by atoms with Crippen molar-refractivity contribution in [3.63, 3.8) is 0 Å². The van der Waals surface area contributed by atoms with Crippen molar-refractivity contribution in [1.82, 2.24) is 10.6 Å². The molecule has 1 aliphatic rings. The topological polar surface area (TPSA) is 169 Å². The Labute approximate surface area is 336 Å². The predicted octanol–water partition coefficient (Wildman–Crippen LogP) is 1.77. The van der Waals surface area contributed by atoms with Gasteiger partial charge in [-0.15, -0.1) is 6.42 Å². The molecule has 322 valence electrons. The third kappa shape index (κ3) is 40.7. The van der Waals surface area contributed by atoms with Crippen molar-refractivity contribution < 1.29 is 66.4 Å². The first-order valence-corrected chi connectivity index (χ1v) is 21.8. The summed E-state index contributed by atoms with van der Waals surface area (Å²) in [7, 11) is 3.96. The van der Waals surface area contributed by atoms with Crippen molar-refractivity contribution in [3.8, 4) is 12.3 Å². The van der Waals surface area contributed by atoms with Crippen LogP contribution in [0.4, 0.5) is 0 Å². The molecular weight excluding hydrogens is 761 g/mol. The van der Waals surface area contributed by atoms with E-state index in [2.05, 4.69) is 16.6 Å². The molecule has 0 saturated carbocycles. The predicted molar refractivity (Wildman–Crippen MR) is 212 cm³/mol. The quantitative estimate of drug-likeness (QED) is 0.0518. The molecule has 1 aliphatic heterocycles. The van der Waals surface area contributed by atoms with Gasteiger partial charge in [0.1, 0.15) is 6.61 Å². The maximum Gasteiger partial charge on any atom is 0.246 e. The smallest absolute Gasteiger partial charge is 0.246 e. The molecule has 0 aromatic heterocycles. The Morgan fingerprint density at radius 1 is 0.509 bits per heavy atom. The lowest BCUT2D eigenvalue weighted by Crippen LogP contribution is -2.28. The van der Waals surface area contributed by atoms with Crippen LogP contribution < -0.4 is 10.6 Å². The molecule has 2 amide bonds. The van der Waals surface area contributed by atoms with Gasteiger partial charge in [-0.05, 0) is 19.3 Å². The van der Waals surface area contributed by atoms with Gasteiger partial charge in [-0.25, -0.2) is 0 Å². The van der Waals surface area contributed by atoms with Crippen molar-refractivity contribution in [2.24, 2.45) is 0 Å². The highest BCUT2D eigenvalue weighted by Gasteiger charge is 2.15. The van der Waals surface area contributed by atoms with Gasteiger partial charge in [0.2, 0.25) is 11.8 Å². The molecule has 1 rings (SSSR count). The third-order valence-corrected chi connectivity index (χ3v) is 10.2. The molecule has 0 radical (unpaired) electrons. The fourth-order valence-electron chi connectivity index (χ4n) is 4.36. The van der Waals surface area contributed by atoms with E-state index in [9.17, 15) is 9.59 Å². The van der Waals surface area contributed by atoms with E-state index in [1.807, 2.05) is 21.6 Å². The van der Waals surface area contributed by atoms with Crippen LogP contribution in [0.15, 0.2) is 0 Å². The Morgan fingerprint density at radius 2 is 0.891 bits per heavy atom. The molecular formula is C37H68N2O14S2. The fourth-order valence-corrected chi connectivity index (χ4v) is 7.39. The van der Waals surface area contributed by atoms with Crippen molar-refractivity contribution in [2.75, 3.05) is 177 Å². The number of rotatable bonds is 44. The zero-order chi connectivity index (χ0) is 39.4. The van der Waals surface area contributed by atoms with Crippen LogP contribution in [0.5, 0.6) is 0 Å². The van der Waals surface area contributed by atoms with E-state index in [-0.39, 0.29) is 25.0 Å². The summed E-state index contributed by atoms with van der Waals surface area (Å²) in [5, 5.41) is 6.20. The minimum Gasteiger partial charge on any atom is -0.377 e. The standard InChI is InChI=1S/C37H68N2O14S2/c1-2-8-38-37(41)34-53-32-31-52-30-29-51-28-27-50-26-25-49-24-23-48-22-21-47-20-19-46-18-17-45-16-15-44-14-13-43-12-11-42-10-9-39-36(40)6-4-3-5-35-7-33-54-55-35/h1,35H,3-34H2,(H,38,41)(H,39,40)/t35-/m1/s1. The van der Waals surface area contributed by atoms with Crippen LogP contribution in [0.2, 0.25) is 0 Å². The van der Waals surface area contributed by atoms with Gasteiger partial charge in [-0.3, -0.25) is 9.59 Å². The van der Waals surface area contributed by atoms with E-state index >= 15 is 0 Å². The molecule has 0 bridgehead atoms. The van der Waals surface area contributed by atoms with Gasteiger partial charge in [0.25, 0.3) is 0 Å². The van der Waals surface area contributed by atoms with Gasteiger partial charge < -0.3 is 67.5 Å². The lowest BCUT2D eigenvalue weighted by Gasteiger charge is -2.09. The first kappa shape index (κ1) is 51.7. The summed E-state index contributed by atoms with van der Waals surface area (Å²) < 4.78 is 65.3. The Hall–Kier alpha value is -1.28. The summed E-state index contributed by atoms with van der Waals surface area (Å²) in [6.45, 7) is 11.5. The highest BCUT2D eigenvalue weighted by molar-refractivity contribution is 8.77. The van der Waals surface area contributed by atoms with Crippen molar-refractivity contribution in [3.05, 3.63) is 0 Å². The molecule has 2 N–H and O–H groups in total. The lowest BCUT2D eigenvalue weighted by atomic mass is 10.1. The van der Waals surface area contributed by atoms with Gasteiger partial charge in [0.05, 0.1) is 159 Å². The number of terminal acetylenes is 1. The van der Waals surface area contributed by atoms with Crippen LogP contribution in [0.1, 0.15) is 32.1 Å². The lowest BCUT2D eigenvalue weighted by molar-refractivity contribution is -0.126. The van der Waals surface area contributed by atoms with E-state index < -0.39 is 0 Å². The Kier molecular flexibility index (Phi) is 41.2. The number of nitrogens with one attached hydrogen (secondary N) is 2. The molecule has 16 nitrogen and oxygen atoms in total. The maximum absolute atomic E-state index is 11.9. The zero-order valence-electron chi connectivity index (χ0n) is 32.8. The van der Waals surface area contributed by atoms with E-state index in [1.54, 1.807) is 0 Å². The fraction of sp³-hybridized carbons (Fsp3) is 0.892. The number of carbonyl (C=O) groups excluding carboxylic acids is 2. The third-order valence-electron chi connectivity index (χ3n) is 7.19. The second kappa shape index (κ2) is 43.8. The van der Waals surface area contributed by atoms with Crippen LogP contribution in [0.3, 0.4) is 0 Å². The Balaban J connectivity index is 1.62. The molecule has 55 heavy (non-hydrogen) atoms. The highest BCUT2D eigenvalue weighted by atomic mass is 33.1. The molecule has 1 heterocycles. The molecule has 0 aromatic carbocycles. The number of ether oxygens (including phenoxy) is 12. The van der Waals surface area contributed by atoms with Crippen molar-refractivity contribution >= 4 is 33.4 Å². The number of amides is 2. The van der Waals surface area contributed by atoms with Crippen molar-refractivity contribution in [2.45, 2.75) is 37.4 Å². The molecule has 0 aromatic rings. The van der Waals surface area contributed by atoms with Crippen molar-refractivity contribution in [1.29, 1.82) is 0 Å². The van der Waals surface area contributed by atoms with Crippen LogP contribution in [0.25, 0.3) is 0 Å². The number of carbonyl (C=O) groups is 2. The van der Waals surface area contributed by atoms with E-state index in [0.717, 1.165) is 18.1 Å². The monoisotopic (exact) mass is 828 g/mol. The zero-order valence-corrected chi connectivity index (χ0v) is 34.4. The Morgan fingerprint density at radius 3 is 1.25 bits per heavy atom. The first-order chi connectivity index (χ1) is 27.2. The highest BCUT2D eigenvalue weighted by Crippen LogP contribution is 2.39. The second-order valence-electron chi connectivity index (χ2n) is 11.7. The van der Waals surface area contributed by atoms with Gasteiger partial charge in [0, 0.05) is 24.0 Å². The molecule has 0 unspecified atom stereocenters. The van der Waals surface area contributed by atoms with Gasteiger partial charge in [0.15, 0.2) is 0 Å². The summed E-state index contributed by atoms with van der Waals surface area (Å²) >= 11 is 0. The van der Waals surface area contributed by atoms with Crippen LogP contribution in [-0.2, 0) is 66.4 Å². The van der Waals surface area contributed by atoms with E-state index in [4.69, 9.17) is 63.3 Å². The summed E-state index contributed by atoms with van der Waals surface area (Å²) in [6.07, 6.45) is 10.3. The van der Waals surface area contributed by atoms with E-state index in [1.165, 1.54) is 18.6 Å². The average Bonchev–Trinajstić information content (AvgIpc) is 3.72. The average molecular weight is 829 g/mol.